The fraction of sp³-hybridized carbons (Fsp3) is 0.348. The third-order valence-electron chi connectivity index (χ3n) is 5.91. The van der Waals surface area contributed by atoms with Crippen LogP contribution in [-0.4, -0.2) is 42.3 Å². The first-order valence-electron chi connectivity index (χ1n) is 10.3. The minimum absolute atomic E-state index is 0.0315. The number of amides is 3. The minimum atomic E-state index is -0.539. The molecule has 2 aromatic rings. The van der Waals surface area contributed by atoms with Crippen molar-refractivity contribution in [3.8, 4) is 0 Å². The number of carbonyl (C=O) groups excluding carboxylic acids is 3. The van der Waals surface area contributed by atoms with E-state index in [4.69, 9.17) is 11.6 Å². The zero-order valence-corrected chi connectivity index (χ0v) is 17.6. The number of benzene rings is 2. The molecule has 0 bridgehead atoms. The number of anilines is 2. The van der Waals surface area contributed by atoms with Gasteiger partial charge >= 0.3 is 0 Å². The number of hydrogen-bond donors (Lipinski definition) is 1. The molecule has 2 fully saturated rings. The van der Waals surface area contributed by atoms with Gasteiger partial charge in [-0.05, 0) is 43.2 Å². The molecule has 0 aromatic heterocycles. The van der Waals surface area contributed by atoms with Crippen LogP contribution >= 0.6 is 11.6 Å². The van der Waals surface area contributed by atoms with Crippen LogP contribution in [0, 0.1) is 17.7 Å². The molecule has 0 aliphatic carbocycles. The van der Waals surface area contributed by atoms with Gasteiger partial charge in [-0.2, -0.15) is 0 Å². The highest BCUT2D eigenvalue weighted by Gasteiger charge is 2.38. The molecule has 2 aromatic carbocycles. The number of nitrogens with zero attached hydrogens (tertiary/aromatic N) is 2. The molecule has 31 heavy (non-hydrogen) atoms. The van der Waals surface area contributed by atoms with E-state index in [1.165, 1.54) is 18.2 Å². The van der Waals surface area contributed by atoms with Crippen LogP contribution in [0.3, 0.4) is 0 Å². The van der Waals surface area contributed by atoms with E-state index in [0.717, 1.165) is 5.69 Å². The smallest absolute Gasteiger partial charge is 0.228 e. The lowest BCUT2D eigenvalue weighted by Gasteiger charge is -2.33. The summed E-state index contributed by atoms with van der Waals surface area (Å²) in [6.45, 7) is 1.32. The van der Waals surface area contributed by atoms with E-state index in [2.05, 4.69) is 5.32 Å². The van der Waals surface area contributed by atoms with Gasteiger partial charge in [-0.3, -0.25) is 14.4 Å². The molecule has 162 valence electrons. The minimum Gasteiger partial charge on any atom is -0.342 e. The van der Waals surface area contributed by atoms with Crippen molar-refractivity contribution in [2.24, 2.45) is 11.8 Å². The number of hydrogen-bond acceptors (Lipinski definition) is 3. The van der Waals surface area contributed by atoms with E-state index < -0.39 is 5.82 Å². The summed E-state index contributed by atoms with van der Waals surface area (Å²) in [5.41, 5.74) is 1.25. The molecular formula is C23H23ClFN3O3. The molecule has 2 saturated heterocycles. The van der Waals surface area contributed by atoms with Crippen LogP contribution in [0.25, 0.3) is 0 Å². The highest BCUT2D eigenvalue weighted by molar-refractivity contribution is 6.31. The Hall–Kier alpha value is -2.93. The van der Waals surface area contributed by atoms with Crippen LogP contribution in [-0.2, 0) is 14.4 Å². The molecule has 2 heterocycles. The summed E-state index contributed by atoms with van der Waals surface area (Å²) in [6.07, 6.45) is 1.28. The Morgan fingerprint density at radius 3 is 2.42 bits per heavy atom. The van der Waals surface area contributed by atoms with Gasteiger partial charge < -0.3 is 15.1 Å². The van der Waals surface area contributed by atoms with Crippen molar-refractivity contribution in [3.05, 3.63) is 59.4 Å². The number of nitrogens with one attached hydrogen (secondary N) is 1. The number of carbonyl (C=O) groups is 3. The molecule has 3 amide bonds. The van der Waals surface area contributed by atoms with Crippen LogP contribution in [0.2, 0.25) is 5.02 Å². The summed E-state index contributed by atoms with van der Waals surface area (Å²) in [6, 6.07) is 13.4. The van der Waals surface area contributed by atoms with Crippen molar-refractivity contribution < 1.29 is 18.8 Å². The number of halogens is 2. The van der Waals surface area contributed by atoms with Crippen LogP contribution in [0.5, 0.6) is 0 Å². The van der Waals surface area contributed by atoms with Crippen molar-refractivity contribution >= 4 is 40.7 Å². The summed E-state index contributed by atoms with van der Waals surface area (Å²) in [5.74, 6) is -1.38. The molecule has 0 spiro atoms. The number of para-hydroxylation sites is 1. The zero-order valence-electron chi connectivity index (χ0n) is 16.9. The predicted octanol–water partition coefficient (Wildman–Crippen LogP) is 3.71. The standard InChI is InChI=1S/C23H23ClFN3O3/c24-19-13-17(6-7-20(19)25)26-22(30)15-8-10-27(11-9-15)23(31)16-12-21(29)28(14-16)18-4-2-1-3-5-18/h1-7,13,15-16H,8-12,14H2,(H,26,30). The van der Waals surface area contributed by atoms with E-state index in [9.17, 15) is 18.8 Å². The molecule has 0 radical (unpaired) electrons. The summed E-state index contributed by atoms with van der Waals surface area (Å²) < 4.78 is 13.3. The highest BCUT2D eigenvalue weighted by Crippen LogP contribution is 2.28. The van der Waals surface area contributed by atoms with Gasteiger partial charge in [-0.25, -0.2) is 4.39 Å². The second kappa shape index (κ2) is 9.06. The van der Waals surface area contributed by atoms with Crippen molar-refractivity contribution in [1.82, 2.24) is 4.90 Å². The Labute approximate surface area is 185 Å². The van der Waals surface area contributed by atoms with Crippen LogP contribution < -0.4 is 10.2 Å². The number of rotatable bonds is 4. The van der Waals surface area contributed by atoms with E-state index >= 15 is 0 Å². The number of piperidine rings is 1. The molecule has 1 unspecified atom stereocenters. The second-order valence-electron chi connectivity index (χ2n) is 7.96. The monoisotopic (exact) mass is 443 g/mol. The average Bonchev–Trinajstić information content (AvgIpc) is 3.18. The van der Waals surface area contributed by atoms with Crippen molar-refractivity contribution in [1.29, 1.82) is 0 Å². The summed E-state index contributed by atoms with van der Waals surface area (Å²) in [4.78, 5) is 41.3. The summed E-state index contributed by atoms with van der Waals surface area (Å²) in [7, 11) is 0. The van der Waals surface area contributed by atoms with Crippen molar-refractivity contribution in [3.63, 3.8) is 0 Å². The normalized spacial score (nSPS) is 19.5. The first-order valence-corrected chi connectivity index (χ1v) is 10.7. The maximum atomic E-state index is 13.3. The molecule has 2 aliphatic heterocycles. The SMILES string of the molecule is O=C(Nc1ccc(F)c(Cl)c1)C1CCN(C(=O)C2CC(=O)N(c3ccccc3)C2)CC1. The second-order valence-corrected chi connectivity index (χ2v) is 8.37. The van der Waals surface area contributed by atoms with Crippen molar-refractivity contribution in [2.75, 3.05) is 29.9 Å². The van der Waals surface area contributed by atoms with Gasteiger partial charge in [-0.1, -0.05) is 29.8 Å². The fourth-order valence-electron chi connectivity index (χ4n) is 4.17. The van der Waals surface area contributed by atoms with Gasteiger partial charge in [0.15, 0.2) is 0 Å². The van der Waals surface area contributed by atoms with Gasteiger partial charge in [0.1, 0.15) is 5.82 Å². The molecule has 8 heteroatoms. The predicted molar refractivity (Wildman–Crippen MR) is 116 cm³/mol. The van der Waals surface area contributed by atoms with Gasteiger partial charge in [0.2, 0.25) is 17.7 Å². The van der Waals surface area contributed by atoms with Gasteiger partial charge in [0.25, 0.3) is 0 Å². The molecule has 2 aliphatic rings. The van der Waals surface area contributed by atoms with Gasteiger partial charge in [0.05, 0.1) is 10.9 Å². The Bertz CT molecular complexity index is 993. The van der Waals surface area contributed by atoms with Crippen LogP contribution in [0.15, 0.2) is 48.5 Å². The zero-order chi connectivity index (χ0) is 22.0. The summed E-state index contributed by atoms with van der Waals surface area (Å²) in [5, 5.41) is 2.72. The van der Waals surface area contributed by atoms with Gasteiger partial charge in [-0.15, -0.1) is 0 Å². The van der Waals surface area contributed by atoms with E-state index in [1.54, 1.807) is 9.80 Å². The Kier molecular flexibility index (Phi) is 6.23. The topological polar surface area (TPSA) is 69.7 Å². The quantitative estimate of drug-likeness (QED) is 0.783. The highest BCUT2D eigenvalue weighted by atomic mass is 35.5. The largest absolute Gasteiger partial charge is 0.342 e. The lowest BCUT2D eigenvalue weighted by Crippen LogP contribution is -2.44. The third kappa shape index (κ3) is 4.71. The lowest BCUT2D eigenvalue weighted by molar-refractivity contribution is -0.138. The van der Waals surface area contributed by atoms with E-state index in [1.807, 2.05) is 30.3 Å². The fourth-order valence-corrected chi connectivity index (χ4v) is 4.35. The molecular weight excluding hydrogens is 421 g/mol. The van der Waals surface area contributed by atoms with Crippen LogP contribution in [0.1, 0.15) is 19.3 Å². The lowest BCUT2D eigenvalue weighted by atomic mass is 9.94. The van der Waals surface area contributed by atoms with Crippen LogP contribution in [0.4, 0.5) is 15.8 Å². The molecule has 1 N–H and O–H groups in total. The average molecular weight is 444 g/mol. The van der Waals surface area contributed by atoms with Gasteiger partial charge in [0, 0.05) is 43.3 Å². The molecule has 6 nitrogen and oxygen atoms in total. The first kappa shape index (κ1) is 21.3. The molecule has 1 atom stereocenters. The molecule has 4 rings (SSSR count). The first-order chi connectivity index (χ1) is 14.9. The summed E-state index contributed by atoms with van der Waals surface area (Å²) >= 11 is 5.76. The Balaban J connectivity index is 1.30. The van der Waals surface area contributed by atoms with E-state index in [0.29, 0.717) is 38.2 Å². The van der Waals surface area contributed by atoms with E-state index in [-0.39, 0.29) is 41.0 Å². The van der Waals surface area contributed by atoms with Crippen molar-refractivity contribution in [2.45, 2.75) is 19.3 Å². The maximum absolute atomic E-state index is 13.3. The Morgan fingerprint density at radius 2 is 1.74 bits per heavy atom. The third-order valence-corrected chi connectivity index (χ3v) is 6.20. The number of likely N-dealkylation sites (tertiary alicyclic amines) is 1. The Morgan fingerprint density at radius 1 is 1.03 bits per heavy atom. The maximum Gasteiger partial charge on any atom is 0.228 e. The molecule has 0 saturated carbocycles.